The van der Waals surface area contributed by atoms with E-state index in [-0.39, 0.29) is 30.0 Å². The minimum absolute atomic E-state index is 0.0755. The van der Waals surface area contributed by atoms with Crippen LogP contribution in [0, 0.1) is 13.8 Å². The number of fused-ring (bicyclic) bond motifs is 1. The number of amides is 1. The van der Waals surface area contributed by atoms with Gasteiger partial charge in [0.25, 0.3) is 15.9 Å². The number of carbonyl (C=O) groups is 1. The summed E-state index contributed by atoms with van der Waals surface area (Å²) < 4.78 is 40.3. The number of nitrogens with zero attached hydrogens (tertiary/aromatic N) is 1. The number of para-hydroxylation sites is 1. The van der Waals surface area contributed by atoms with Gasteiger partial charge in [0.1, 0.15) is 18.1 Å². The van der Waals surface area contributed by atoms with E-state index in [9.17, 15) is 13.2 Å². The third-order valence-corrected chi connectivity index (χ3v) is 8.03. The Morgan fingerprint density at radius 1 is 1.03 bits per heavy atom. The summed E-state index contributed by atoms with van der Waals surface area (Å²) in [4.78, 5) is 13.2. The average Bonchev–Trinajstić information content (AvgIpc) is 2.85. The van der Waals surface area contributed by atoms with Crippen molar-refractivity contribution in [3.05, 3.63) is 83.4 Å². The number of anilines is 1. The molecule has 8 heteroatoms. The molecule has 0 unspecified atom stereocenters. The third-order valence-electron chi connectivity index (χ3n) is 6.24. The van der Waals surface area contributed by atoms with Crippen molar-refractivity contribution in [2.24, 2.45) is 0 Å². The van der Waals surface area contributed by atoms with Crippen LogP contribution < -0.4 is 19.1 Å². The molecule has 4 rings (SSSR count). The summed E-state index contributed by atoms with van der Waals surface area (Å²) >= 11 is 0. The molecule has 37 heavy (non-hydrogen) atoms. The van der Waals surface area contributed by atoms with Gasteiger partial charge in [-0.1, -0.05) is 62.7 Å². The smallest absolute Gasteiger partial charge is 0.264 e. The van der Waals surface area contributed by atoms with Crippen LogP contribution in [-0.4, -0.2) is 40.1 Å². The van der Waals surface area contributed by atoms with E-state index >= 15 is 0 Å². The van der Waals surface area contributed by atoms with Crippen LogP contribution >= 0.6 is 0 Å². The van der Waals surface area contributed by atoms with Gasteiger partial charge in [-0.25, -0.2) is 8.42 Å². The highest BCUT2D eigenvalue weighted by molar-refractivity contribution is 7.92. The fourth-order valence-corrected chi connectivity index (χ4v) is 5.69. The van der Waals surface area contributed by atoms with Crippen molar-refractivity contribution >= 4 is 21.6 Å². The number of rotatable bonds is 7. The molecule has 0 aliphatic carbocycles. The van der Waals surface area contributed by atoms with Crippen molar-refractivity contribution in [3.8, 4) is 11.5 Å². The summed E-state index contributed by atoms with van der Waals surface area (Å²) in [6, 6.07) is 19.8. The summed E-state index contributed by atoms with van der Waals surface area (Å²) in [5, 5.41) is 2.83. The number of hydrogen-bond donors (Lipinski definition) is 1. The number of nitrogens with one attached hydrogen (secondary N) is 1. The molecule has 0 bridgehead atoms. The van der Waals surface area contributed by atoms with Crippen molar-refractivity contribution in [2.75, 3.05) is 24.0 Å². The zero-order valence-electron chi connectivity index (χ0n) is 21.9. The molecule has 7 nitrogen and oxygen atoms in total. The fourth-order valence-electron chi connectivity index (χ4n) is 4.22. The van der Waals surface area contributed by atoms with Gasteiger partial charge in [-0.05, 0) is 60.7 Å². The molecular weight excluding hydrogens is 488 g/mol. The van der Waals surface area contributed by atoms with Gasteiger partial charge in [0, 0.05) is 0 Å². The van der Waals surface area contributed by atoms with Crippen molar-refractivity contribution in [2.45, 2.75) is 51.0 Å². The Bertz CT molecular complexity index is 1380. The maximum atomic E-state index is 13.6. The Labute approximate surface area is 219 Å². The predicted octanol–water partition coefficient (Wildman–Crippen LogP) is 4.75. The lowest BCUT2D eigenvalue weighted by Gasteiger charge is -2.35. The van der Waals surface area contributed by atoms with Crippen LogP contribution in [0.1, 0.15) is 37.5 Å². The summed E-state index contributed by atoms with van der Waals surface area (Å²) in [5.74, 6) is 0.726. The first-order valence-corrected chi connectivity index (χ1v) is 13.8. The van der Waals surface area contributed by atoms with Crippen LogP contribution in [0.3, 0.4) is 0 Å². The standard InChI is InChI=1S/C29H34N2O5S/c1-20-10-13-22(14-11-20)37(33,34)31-19-27(36-26-15-12-21(2)18-24(26)31)28(32)30-16-17-35-25-9-7-6-8-23(25)29(3,4)5/h6-15,18,27H,16-17,19H2,1-5H3,(H,30,32)/t27-/m1/s1. The normalized spacial score (nSPS) is 15.5. The Kier molecular flexibility index (Phi) is 7.50. The summed E-state index contributed by atoms with van der Waals surface area (Å²) in [6.45, 7) is 10.5. The minimum atomic E-state index is -3.91. The molecule has 1 aliphatic rings. The van der Waals surface area contributed by atoms with Crippen LogP contribution in [0.25, 0.3) is 0 Å². The zero-order valence-corrected chi connectivity index (χ0v) is 22.8. The second-order valence-corrected chi connectivity index (χ2v) is 12.2. The Morgan fingerprint density at radius 2 is 1.70 bits per heavy atom. The van der Waals surface area contributed by atoms with E-state index < -0.39 is 22.0 Å². The highest BCUT2D eigenvalue weighted by atomic mass is 32.2. The third kappa shape index (κ3) is 5.91. The summed E-state index contributed by atoms with van der Waals surface area (Å²) in [7, 11) is -3.91. The molecule has 0 fully saturated rings. The SMILES string of the molecule is Cc1ccc(S(=O)(=O)N2C[C@H](C(=O)NCCOc3ccccc3C(C)(C)C)Oc3ccc(C)cc32)cc1. The van der Waals surface area contributed by atoms with Gasteiger partial charge in [-0.15, -0.1) is 0 Å². The molecule has 0 saturated carbocycles. The van der Waals surface area contributed by atoms with Gasteiger partial charge in [0.05, 0.1) is 23.7 Å². The highest BCUT2D eigenvalue weighted by Crippen LogP contribution is 2.38. The zero-order chi connectivity index (χ0) is 26.8. The van der Waals surface area contributed by atoms with E-state index in [4.69, 9.17) is 9.47 Å². The maximum Gasteiger partial charge on any atom is 0.264 e. The lowest BCUT2D eigenvalue weighted by atomic mass is 9.86. The summed E-state index contributed by atoms with van der Waals surface area (Å²) in [5.41, 5.74) is 3.28. The Balaban J connectivity index is 1.48. The summed E-state index contributed by atoms with van der Waals surface area (Å²) in [6.07, 6.45) is -1.00. The van der Waals surface area contributed by atoms with E-state index in [1.54, 1.807) is 36.4 Å². The number of benzene rings is 3. The lowest BCUT2D eigenvalue weighted by Crippen LogP contribution is -2.51. The second-order valence-electron chi connectivity index (χ2n) is 10.3. The monoisotopic (exact) mass is 522 g/mol. The van der Waals surface area contributed by atoms with Crippen molar-refractivity contribution in [3.63, 3.8) is 0 Å². The molecule has 1 aliphatic heterocycles. The molecule has 3 aromatic carbocycles. The molecule has 0 radical (unpaired) electrons. The van der Waals surface area contributed by atoms with Gasteiger partial charge in [0.15, 0.2) is 6.10 Å². The highest BCUT2D eigenvalue weighted by Gasteiger charge is 2.37. The van der Waals surface area contributed by atoms with Gasteiger partial charge in [-0.3, -0.25) is 9.10 Å². The van der Waals surface area contributed by atoms with Crippen LogP contribution in [0.4, 0.5) is 5.69 Å². The second kappa shape index (κ2) is 10.5. The first-order valence-electron chi connectivity index (χ1n) is 12.3. The molecule has 196 valence electrons. The molecule has 1 N–H and O–H groups in total. The van der Waals surface area contributed by atoms with E-state index in [1.165, 1.54) is 4.31 Å². The number of ether oxygens (including phenoxy) is 2. The molecule has 1 atom stereocenters. The van der Waals surface area contributed by atoms with Crippen LogP contribution in [-0.2, 0) is 20.2 Å². The molecular formula is C29H34N2O5S. The first kappa shape index (κ1) is 26.5. The number of aryl methyl sites for hydroxylation is 2. The topological polar surface area (TPSA) is 84.9 Å². The molecule has 1 heterocycles. The van der Waals surface area contributed by atoms with Crippen molar-refractivity contribution in [1.29, 1.82) is 0 Å². The largest absolute Gasteiger partial charge is 0.491 e. The molecule has 0 saturated heterocycles. The van der Waals surface area contributed by atoms with Crippen molar-refractivity contribution in [1.82, 2.24) is 5.32 Å². The first-order chi connectivity index (χ1) is 17.5. The van der Waals surface area contributed by atoms with Crippen LogP contribution in [0.5, 0.6) is 11.5 Å². The molecule has 0 spiro atoms. The predicted molar refractivity (Wildman–Crippen MR) is 145 cm³/mol. The van der Waals surface area contributed by atoms with E-state index in [2.05, 4.69) is 26.1 Å². The van der Waals surface area contributed by atoms with Gasteiger partial charge < -0.3 is 14.8 Å². The molecule has 0 aromatic heterocycles. The minimum Gasteiger partial charge on any atom is -0.491 e. The maximum absolute atomic E-state index is 13.6. The van der Waals surface area contributed by atoms with Gasteiger partial charge in [0.2, 0.25) is 0 Å². The van der Waals surface area contributed by atoms with Crippen LogP contribution in [0.2, 0.25) is 0 Å². The average molecular weight is 523 g/mol. The number of sulfonamides is 1. The molecule has 1 amide bonds. The van der Waals surface area contributed by atoms with E-state index in [1.807, 2.05) is 44.2 Å². The quantitative estimate of drug-likeness (QED) is 0.453. The Morgan fingerprint density at radius 3 is 2.41 bits per heavy atom. The van der Waals surface area contributed by atoms with Crippen molar-refractivity contribution < 1.29 is 22.7 Å². The number of carbonyl (C=O) groups excluding carboxylic acids is 1. The molecule has 3 aromatic rings. The van der Waals surface area contributed by atoms with Gasteiger partial charge >= 0.3 is 0 Å². The number of hydrogen-bond acceptors (Lipinski definition) is 5. The van der Waals surface area contributed by atoms with E-state index in [0.29, 0.717) is 11.4 Å². The fraction of sp³-hybridized carbons (Fsp3) is 0.345. The lowest BCUT2D eigenvalue weighted by molar-refractivity contribution is -0.127. The Hall–Kier alpha value is -3.52. The van der Waals surface area contributed by atoms with Crippen LogP contribution in [0.15, 0.2) is 71.6 Å². The van der Waals surface area contributed by atoms with E-state index in [0.717, 1.165) is 22.4 Å². The van der Waals surface area contributed by atoms with Gasteiger partial charge in [-0.2, -0.15) is 0 Å².